The number of aromatic nitrogens is 2. The van der Waals surface area contributed by atoms with Crippen LogP contribution in [0.15, 0.2) is 12.5 Å². The Morgan fingerprint density at radius 3 is 2.20 bits per heavy atom. The van der Waals surface area contributed by atoms with Crippen molar-refractivity contribution in [1.82, 2.24) is 25.9 Å². The minimum atomic E-state index is -1.58. The zero-order valence-electron chi connectivity index (χ0n) is 16.0. The number of aliphatic hydroxyl groups excluding tert-OH is 1. The Balaban J connectivity index is 2.82. The van der Waals surface area contributed by atoms with Crippen molar-refractivity contribution >= 4 is 29.7 Å². The molecule has 0 aliphatic rings. The van der Waals surface area contributed by atoms with Gasteiger partial charge in [0.25, 0.3) is 0 Å². The van der Waals surface area contributed by atoms with Crippen LogP contribution in [0.5, 0.6) is 0 Å². The molecule has 0 radical (unpaired) electrons. The van der Waals surface area contributed by atoms with E-state index in [-0.39, 0.29) is 6.42 Å². The third-order valence-electron chi connectivity index (χ3n) is 3.89. The molecule has 0 saturated heterocycles. The molecule has 14 nitrogen and oxygen atoms in total. The lowest BCUT2D eigenvalue weighted by Gasteiger charge is -2.23. The minimum Gasteiger partial charge on any atom is -0.481 e. The van der Waals surface area contributed by atoms with Crippen molar-refractivity contribution in [3.8, 4) is 0 Å². The van der Waals surface area contributed by atoms with Crippen LogP contribution < -0.4 is 21.7 Å². The number of carboxylic acids is 2. The summed E-state index contributed by atoms with van der Waals surface area (Å²) in [5, 5.41) is 33.4. The number of imidazole rings is 1. The first-order valence-electron chi connectivity index (χ1n) is 8.74. The summed E-state index contributed by atoms with van der Waals surface area (Å²) in [6.45, 7) is 0.430. The highest BCUT2D eigenvalue weighted by Gasteiger charge is 2.29. The summed E-state index contributed by atoms with van der Waals surface area (Å²) in [5.74, 6) is -5.32. The first-order chi connectivity index (χ1) is 14.0. The van der Waals surface area contributed by atoms with Crippen LogP contribution in [0.4, 0.5) is 0 Å². The third kappa shape index (κ3) is 7.84. The van der Waals surface area contributed by atoms with Gasteiger partial charge in [0.2, 0.25) is 17.7 Å². The highest BCUT2D eigenvalue weighted by atomic mass is 16.4. The Bertz CT molecular complexity index is 768. The van der Waals surface area contributed by atoms with Gasteiger partial charge in [-0.15, -0.1) is 0 Å². The largest absolute Gasteiger partial charge is 0.481 e. The van der Waals surface area contributed by atoms with Gasteiger partial charge in [0.1, 0.15) is 18.1 Å². The van der Waals surface area contributed by atoms with Crippen molar-refractivity contribution in [3.05, 3.63) is 18.2 Å². The van der Waals surface area contributed by atoms with E-state index in [2.05, 4.69) is 25.9 Å². The second-order valence-electron chi connectivity index (χ2n) is 6.36. The Kier molecular flexibility index (Phi) is 9.38. The molecule has 1 aromatic heterocycles. The molecule has 0 aliphatic carbocycles. The van der Waals surface area contributed by atoms with Crippen molar-refractivity contribution in [2.45, 2.75) is 43.9 Å². The summed E-state index contributed by atoms with van der Waals surface area (Å²) in [4.78, 5) is 64.9. The van der Waals surface area contributed by atoms with E-state index in [0.717, 1.165) is 0 Å². The molecule has 4 atom stereocenters. The number of nitrogens with two attached hydrogens (primary N) is 1. The fourth-order valence-corrected chi connectivity index (χ4v) is 2.25. The maximum absolute atomic E-state index is 12.4. The number of aromatic amines is 1. The van der Waals surface area contributed by atoms with Gasteiger partial charge in [0, 0.05) is 18.3 Å². The van der Waals surface area contributed by atoms with E-state index in [9.17, 15) is 24.0 Å². The van der Waals surface area contributed by atoms with Gasteiger partial charge in [-0.1, -0.05) is 0 Å². The number of nitrogens with one attached hydrogen (secondary N) is 4. The number of carbonyl (C=O) groups excluding carboxylic acids is 3. The monoisotopic (exact) mass is 428 g/mol. The Labute approximate surface area is 170 Å². The molecule has 0 aromatic carbocycles. The average Bonchev–Trinajstić information content (AvgIpc) is 3.17. The van der Waals surface area contributed by atoms with Gasteiger partial charge in [-0.2, -0.15) is 0 Å². The fourth-order valence-electron chi connectivity index (χ4n) is 2.25. The molecule has 0 saturated carbocycles. The fraction of sp³-hybridized carbons (Fsp3) is 0.500. The second kappa shape index (κ2) is 11.5. The quantitative estimate of drug-likeness (QED) is 0.162. The summed E-state index contributed by atoms with van der Waals surface area (Å²) >= 11 is 0. The maximum Gasteiger partial charge on any atom is 0.328 e. The molecule has 0 spiro atoms. The van der Waals surface area contributed by atoms with Crippen LogP contribution in [0.2, 0.25) is 0 Å². The molecule has 30 heavy (non-hydrogen) atoms. The molecule has 1 aromatic rings. The highest BCUT2D eigenvalue weighted by molar-refractivity contribution is 5.94. The first kappa shape index (κ1) is 24.5. The van der Waals surface area contributed by atoms with E-state index in [1.165, 1.54) is 19.4 Å². The molecule has 14 heteroatoms. The Morgan fingerprint density at radius 1 is 1.07 bits per heavy atom. The van der Waals surface area contributed by atoms with Crippen LogP contribution >= 0.6 is 0 Å². The number of H-pyrrole nitrogens is 1. The number of hydrogen-bond donors (Lipinski definition) is 8. The number of carbonyl (C=O) groups is 5. The van der Waals surface area contributed by atoms with Crippen molar-refractivity contribution in [2.75, 3.05) is 6.61 Å². The first-order valence-corrected chi connectivity index (χ1v) is 8.74. The summed E-state index contributed by atoms with van der Waals surface area (Å²) in [6.07, 6.45) is 2.01. The lowest BCUT2D eigenvalue weighted by Crippen LogP contribution is -2.57. The molecule has 1 heterocycles. The summed E-state index contributed by atoms with van der Waals surface area (Å²) in [7, 11) is 0. The second-order valence-corrected chi connectivity index (χ2v) is 6.36. The third-order valence-corrected chi connectivity index (χ3v) is 3.89. The van der Waals surface area contributed by atoms with E-state index < -0.39 is 66.9 Å². The van der Waals surface area contributed by atoms with Crippen LogP contribution in [0, 0.1) is 0 Å². The van der Waals surface area contributed by atoms with Crippen LogP contribution in [0.25, 0.3) is 0 Å². The number of rotatable bonds is 12. The number of aliphatic hydroxyl groups is 1. The van der Waals surface area contributed by atoms with E-state index in [1.54, 1.807) is 0 Å². The molecular formula is C16H24N6O8. The van der Waals surface area contributed by atoms with E-state index in [0.29, 0.717) is 5.69 Å². The average molecular weight is 428 g/mol. The Hall–Kier alpha value is -3.52. The molecule has 4 unspecified atom stereocenters. The molecule has 0 fully saturated rings. The van der Waals surface area contributed by atoms with Crippen molar-refractivity contribution < 1.29 is 39.3 Å². The molecule has 1 rings (SSSR count). The van der Waals surface area contributed by atoms with Crippen LogP contribution in [0.1, 0.15) is 19.0 Å². The molecule has 0 bridgehead atoms. The number of hydrogen-bond acceptors (Lipinski definition) is 8. The van der Waals surface area contributed by atoms with Crippen molar-refractivity contribution in [1.29, 1.82) is 0 Å². The standard InChI is InChI=1S/C16H24N6O8/c1-7(20-14(27)9(17)3-12(24)25)13(26)21-10(2-8-4-18-6-19-8)15(28)22-11(5-23)16(29)30/h4,6-7,9-11,23H,2-3,5,17H2,1H3,(H,18,19)(H,20,27)(H,21,26)(H,22,28)(H,24,25)(H,29,30). The highest BCUT2D eigenvalue weighted by Crippen LogP contribution is 2.01. The van der Waals surface area contributed by atoms with E-state index in [4.69, 9.17) is 21.1 Å². The molecule has 166 valence electrons. The predicted molar refractivity (Wildman–Crippen MR) is 98.7 cm³/mol. The summed E-state index contributed by atoms with van der Waals surface area (Å²) in [5.41, 5.74) is 5.88. The van der Waals surface area contributed by atoms with Crippen molar-refractivity contribution in [2.24, 2.45) is 5.73 Å². The normalized spacial score (nSPS) is 14.6. The van der Waals surface area contributed by atoms with Crippen LogP contribution in [0.3, 0.4) is 0 Å². The van der Waals surface area contributed by atoms with Gasteiger partial charge in [0.05, 0.1) is 25.4 Å². The summed E-state index contributed by atoms with van der Waals surface area (Å²) in [6, 6.07) is -5.39. The van der Waals surface area contributed by atoms with Crippen LogP contribution in [-0.4, -0.2) is 85.7 Å². The lowest BCUT2D eigenvalue weighted by molar-refractivity contribution is -0.143. The smallest absolute Gasteiger partial charge is 0.328 e. The zero-order chi connectivity index (χ0) is 22.8. The Morgan fingerprint density at radius 2 is 1.70 bits per heavy atom. The summed E-state index contributed by atoms with van der Waals surface area (Å²) < 4.78 is 0. The van der Waals surface area contributed by atoms with Gasteiger partial charge in [0.15, 0.2) is 0 Å². The van der Waals surface area contributed by atoms with Gasteiger partial charge in [-0.3, -0.25) is 19.2 Å². The lowest BCUT2D eigenvalue weighted by atomic mass is 10.1. The molecule has 3 amide bonds. The van der Waals surface area contributed by atoms with Gasteiger partial charge in [-0.25, -0.2) is 9.78 Å². The van der Waals surface area contributed by atoms with E-state index in [1.807, 2.05) is 0 Å². The molecular weight excluding hydrogens is 404 g/mol. The molecule has 0 aliphatic heterocycles. The van der Waals surface area contributed by atoms with Gasteiger partial charge in [-0.05, 0) is 6.92 Å². The molecule has 9 N–H and O–H groups in total. The van der Waals surface area contributed by atoms with Gasteiger partial charge >= 0.3 is 11.9 Å². The number of carboxylic acid groups (broad SMARTS) is 2. The number of amides is 3. The van der Waals surface area contributed by atoms with Gasteiger partial charge < -0.3 is 42.0 Å². The predicted octanol–water partition coefficient (Wildman–Crippen LogP) is -3.69. The number of nitrogens with zero attached hydrogens (tertiary/aromatic N) is 1. The zero-order valence-corrected chi connectivity index (χ0v) is 16.0. The van der Waals surface area contributed by atoms with Crippen molar-refractivity contribution in [3.63, 3.8) is 0 Å². The maximum atomic E-state index is 12.4. The minimum absolute atomic E-state index is 0.0888. The SMILES string of the molecule is CC(NC(=O)C(N)CC(=O)O)C(=O)NC(Cc1cnc[nH]1)C(=O)NC(CO)C(=O)O. The topological polar surface area (TPSA) is 237 Å². The van der Waals surface area contributed by atoms with Crippen LogP contribution in [-0.2, 0) is 30.4 Å². The van der Waals surface area contributed by atoms with E-state index >= 15 is 0 Å². The number of aliphatic carboxylic acids is 2.